The topological polar surface area (TPSA) is 26.3 Å². The van der Waals surface area contributed by atoms with E-state index in [1.807, 2.05) is 6.92 Å². The Kier molecular flexibility index (Phi) is 10.7. The van der Waals surface area contributed by atoms with Crippen molar-refractivity contribution in [2.75, 3.05) is 0 Å². The zero-order valence-electron chi connectivity index (χ0n) is 5.10. The van der Waals surface area contributed by atoms with Crippen LogP contribution in [0, 0.1) is 37.7 Å². The third-order valence-electron chi connectivity index (χ3n) is 0.416. The summed E-state index contributed by atoms with van der Waals surface area (Å²) in [5, 5.41) is 0. The molecule has 0 aromatic rings. The summed E-state index contributed by atoms with van der Waals surface area (Å²) in [6.07, 6.45) is 0.777. The van der Waals surface area contributed by atoms with Gasteiger partial charge < -0.3 is 4.74 Å². The van der Waals surface area contributed by atoms with Gasteiger partial charge in [-0.15, -0.1) is 6.42 Å². The summed E-state index contributed by atoms with van der Waals surface area (Å²) in [5.74, 6) is -0.248. The van der Waals surface area contributed by atoms with Crippen molar-refractivity contribution in [1.29, 1.82) is 0 Å². The summed E-state index contributed by atoms with van der Waals surface area (Å²) in [6, 6.07) is 0. The molecular weight excluding hydrogens is 330 g/mol. The van der Waals surface area contributed by atoms with Gasteiger partial charge in [-0.25, -0.2) is 0 Å². The summed E-state index contributed by atoms with van der Waals surface area (Å²) >= 11 is 0. The largest absolute Gasteiger partial charge is 0.637 e. The Balaban J connectivity index is 0. The van der Waals surface area contributed by atoms with Crippen LogP contribution >= 0.6 is 0 Å². The average molecular weight is 339 g/mol. The Bertz CT molecular complexity index is 63.4. The van der Waals surface area contributed by atoms with Gasteiger partial charge in [0.05, 0.1) is 0 Å². The number of carbonyl (C=O) groups is 1. The van der Waals surface area contributed by atoms with Crippen molar-refractivity contribution in [2.45, 2.75) is 20.3 Å². The zero-order valence-corrected chi connectivity index (χ0v) is 9.26. The van der Waals surface area contributed by atoms with Crippen LogP contribution in [-0.4, -0.2) is 5.97 Å². The molecule has 0 rings (SSSR count). The van der Waals surface area contributed by atoms with Gasteiger partial charge in [0.25, 0.3) is 5.97 Å². The fourth-order valence-electron chi connectivity index (χ4n) is 0.201. The molecule has 0 heterocycles. The van der Waals surface area contributed by atoms with Gasteiger partial charge in [0.15, 0.2) is 0 Å². The summed E-state index contributed by atoms with van der Waals surface area (Å²) in [4.78, 5) is 9.95. The van der Waals surface area contributed by atoms with Gasteiger partial charge in [0.2, 0.25) is 0 Å². The normalized spacial score (nSPS) is 7.25. The van der Waals surface area contributed by atoms with Crippen LogP contribution in [0.4, 0.5) is 0 Å². The number of esters is 1. The Morgan fingerprint density at radius 2 is 2.25 bits per heavy atom. The Morgan fingerprint density at radius 1 is 1.75 bits per heavy atom. The molecule has 0 saturated heterocycles. The Morgan fingerprint density at radius 3 is 2.38 bits per heavy atom. The molecule has 0 amide bonds. The van der Waals surface area contributed by atoms with Crippen LogP contribution in [0.15, 0.2) is 0 Å². The maximum absolute atomic E-state index is 9.95. The molecule has 0 fully saturated rings. The van der Waals surface area contributed by atoms with Crippen molar-refractivity contribution in [3.8, 4) is 0 Å². The first-order valence-corrected chi connectivity index (χ1v) is 2.26. The molecule has 0 atom stereocenters. The summed E-state index contributed by atoms with van der Waals surface area (Å²) in [5.41, 5.74) is 0. The van der Waals surface area contributed by atoms with E-state index in [1.165, 1.54) is 13.5 Å². The van der Waals surface area contributed by atoms with E-state index in [9.17, 15) is 4.79 Å². The third kappa shape index (κ3) is 9.73. The van der Waals surface area contributed by atoms with Gasteiger partial charge in [0, 0.05) is 38.0 Å². The van der Waals surface area contributed by atoms with Gasteiger partial charge >= 0.3 is 0 Å². The average Bonchev–Trinajstić information content (AvgIpc) is 1.61. The van der Waals surface area contributed by atoms with Crippen LogP contribution in [0.1, 0.15) is 20.3 Å². The van der Waals surface area contributed by atoms with Crippen LogP contribution in [-0.2, 0) is 9.53 Å². The number of ether oxygens (including phenoxy) is 1. The van der Waals surface area contributed by atoms with Crippen LogP contribution in [0.5, 0.6) is 0 Å². The van der Waals surface area contributed by atoms with Crippen LogP contribution in [0.2, 0.25) is 0 Å². The monoisotopic (exact) mass is 339 g/mol. The van der Waals surface area contributed by atoms with E-state index in [1.54, 1.807) is 0 Å². The predicted octanol–water partition coefficient (Wildman–Crippen LogP) is 1.12. The second-order valence-corrected chi connectivity index (χ2v) is 1.18. The number of carbonyl (C=O) groups excluding carboxylic acids is 1. The van der Waals surface area contributed by atoms with E-state index < -0.39 is 0 Å². The van der Waals surface area contributed by atoms with Crippen molar-refractivity contribution < 1.29 is 40.6 Å². The third-order valence-corrected chi connectivity index (χ3v) is 0.416. The van der Waals surface area contributed by atoms with Gasteiger partial charge in [-0.1, -0.05) is 6.92 Å². The fraction of sp³-hybridized carbons (Fsp3) is 0.600. The molecule has 0 N–H and O–H groups in total. The van der Waals surface area contributed by atoms with Gasteiger partial charge in [-0.2, -0.15) is 6.61 Å². The van der Waals surface area contributed by atoms with E-state index in [0.29, 0.717) is 0 Å². The Labute approximate surface area is 73.4 Å². The predicted molar refractivity (Wildman–Crippen MR) is 26.4 cm³/mol. The minimum atomic E-state index is -0.248. The summed E-state index contributed by atoms with van der Waals surface area (Å²) in [7, 11) is 0. The van der Waals surface area contributed by atoms with Gasteiger partial charge in [0.1, 0.15) is 0 Å². The molecule has 0 unspecified atom stereocenters. The molecule has 3 heteroatoms. The van der Waals surface area contributed by atoms with E-state index in [2.05, 4.69) is 4.74 Å². The SMILES string of the molecule is CC[CH-]OC(C)=O.[U]. The molecule has 0 aliphatic rings. The molecule has 0 aromatic heterocycles. The molecular formula is C5H9O2U-. The van der Waals surface area contributed by atoms with Crippen molar-refractivity contribution in [3.63, 3.8) is 0 Å². The first kappa shape index (κ1) is 11.3. The fourth-order valence-corrected chi connectivity index (χ4v) is 0.201. The van der Waals surface area contributed by atoms with Crippen molar-refractivity contribution >= 4 is 5.97 Å². The standard InChI is InChI=1S/C5H9O2.U/c1-3-4-7-5(2)6;/h4H,3H2,1-2H3;/q-1;. The van der Waals surface area contributed by atoms with E-state index in [-0.39, 0.29) is 37.1 Å². The van der Waals surface area contributed by atoms with E-state index in [4.69, 9.17) is 0 Å². The minimum Gasteiger partial charge on any atom is -0.637 e. The molecule has 0 radical (unpaired) electrons. The second kappa shape index (κ2) is 7.52. The van der Waals surface area contributed by atoms with Crippen molar-refractivity contribution in [1.82, 2.24) is 0 Å². The van der Waals surface area contributed by atoms with E-state index in [0.717, 1.165) is 6.42 Å². The van der Waals surface area contributed by atoms with Crippen molar-refractivity contribution in [2.24, 2.45) is 0 Å². The number of rotatable bonds is 2. The molecule has 0 aromatic carbocycles. The first-order chi connectivity index (χ1) is 3.27. The summed E-state index contributed by atoms with van der Waals surface area (Å²) < 4.78 is 4.43. The van der Waals surface area contributed by atoms with Crippen LogP contribution < -0.4 is 0 Å². The smallest absolute Gasteiger partial charge is 0.271 e. The molecule has 0 bridgehead atoms. The molecule has 2 nitrogen and oxygen atoms in total. The number of hydrogen-bond donors (Lipinski definition) is 0. The van der Waals surface area contributed by atoms with Gasteiger partial charge in [-0.3, -0.25) is 4.79 Å². The quantitative estimate of drug-likeness (QED) is 0.557. The zero-order chi connectivity index (χ0) is 5.70. The second-order valence-electron chi connectivity index (χ2n) is 1.18. The number of hydrogen-bond acceptors (Lipinski definition) is 2. The molecule has 46 valence electrons. The van der Waals surface area contributed by atoms with Gasteiger partial charge in [-0.05, 0) is 0 Å². The van der Waals surface area contributed by atoms with Crippen molar-refractivity contribution in [3.05, 3.63) is 6.61 Å². The molecule has 0 aliphatic carbocycles. The molecule has 0 aliphatic heterocycles. The van der Waals surface area contributed by atoms with Crippen LogP contribution in [0.25, 0.3) is 0 Å². The van der Waals surface area contributed by atoms with Crippen LogP contribution in [0.3, 0.4) is 0 Å². The molecule has 0 saturated carbocycles. The Hall–Kier alpha value is 0.522. The minimum absolute atomic E-state index is 0. The molecule has 8 heavy (non-hydrogen) atoms. The maximum Gasteiger partial charge on any atom is 0.271 e. The summed E-state index contributed by atoms with van der Waals surface area (Å²) in [6.45, 7) is 4.76. The van der Waals surface area contributed by atoms with E-state index >= 15 is 0 Å². The molecule has 0 spiro atoms. The maximum atomic E-state index is 9.95. The first-order valence-electron chi connectivity index (χ1n) is 2.26.